The Morgan fingerprint density at radius 1 is 0.857 bits per heavy atom. The lowest BCUT2D eigenvalue weighted by Gasteiger charge is -2.27. The number of carbonyl (C=O) groups excluding carboxylic acids is 1. The summed E-state index contributed by atoms with van der Waals surface area (Å²) < 4.78 is 70.2. The fourth-order valence-electron chi connectivity index (χ4n) is 3.94. The maximum atomic E-state index is 14.5. The molecule has 0 fully saturated rings. The van der Waals surface area contributed by atoms with E-state index in [2.05, 4.69) is 20.0 Å². The second kappa shape index (κ2) is 12.2. The van der Waals surface area contributed by atoms with Gasteiger partial charge in [0.05, 0.1) is 17.1 Å². The van der Waals surface area contributed by atoms with Gasteiger partial charge in [-0.25, -0.2) is 27.5 Å². The standard InChI is InChI=1S/C28H29FN6O5S2/c1-19-17-20(2)31-28(30-19)33-41(37,38)24-15-13-23(14-16-24)32-27(36)22-11-9-21(10-12-22)18-35(42(39,40)34(3)4)26-8-6-5-7-25(26)29/h5-17H,18H2,1-4H3,(H,32,36)(H,30,31,33). The molecule has 0 aliphatic rings. The number of amides is 1. The zero-order valence-corrected chi connectivity index (χ0v) is 24.9. The van der Waals surface area contributed by atoms with Crippen molar-refractivity contribution in [3.8, 4) is 0 Å². The summed E-state index contributed by atoms with van der Waals surface area (Å²) in [4.78, 5) is 21.0. The third kappa shape index (κ3) is 7.08. The molecule has 0 unspecified atom stereocenters. The summed E-state index contributed by atoms with van der Waals surface area (Å²) in [6.45, 7) is 3.29. The molecule has 0 atom stereocenters. The number of sulfonamides is 1. The van der Waals surface area contributed by atoms with Crippen LogP contribution in [0.5, 0.6) is 0 Å². The maximum Gasteiger partial charge on any atom is 0.303 e. The number of aromatic nitrogens is 2. The number of para-hydroxylation sites is 1. The van der Waals surface area contributed by atoms with Gasteiger partial charge in [0.1, 0.15) is 5.82 Å². The van der Waals surface area contributed by atoms with Crippen LogP contribution < -0.4 is 14.3 Å². The molecule has 0 radical (unpaired) electrons. The van der Waals surface area contributed by atoms with Crippen LogP contribution in [-0.4, -0.2) is 51.1 Å². The molecule has 42 heavy (non-hydrogen) atoms. The van der Waals surface area contributed by atoms with E-state index >= 15 is 0 Å². The second-order valence-electron chi connectivity index (χ2n) is 9.50. The molecule has 2 N–H and O–H groups in total. The molecule has 1 heterocycles. The molecule has 0 aliphatic heterocycles. The number of rotatable bonds is 10. The molecule has 220 valence electrons. The Labute approximate surface area is 244 Å². The van der Waals surface area contributed by atoms with Gasteiger partial charge in [-0.1, -0.05) is 24.3 Å². The van der Waals surface area contributed by atoms with Crippen LogP contribution in [-0.2, 0) is 26.8 Å². The number of halogens is 1. The predicted molar refractivity (Wildman–Crippen MR) is 158 cm³/mol. The number of anilines is 3. The molecule has 1 amide bonds. The van der Waals surface area contributed by atoms with Gasteiger partial charge in [-0.05, 0) is 74.0 Å². The maximum absolute atomic E-state index is 14.5. The predicted octanol–water partition coefficient (Wildman–Crippen LogP) is 4.10. The van der Waals surface area contributed by atoms with E-state index in [9.17, 15) is 26.0 Å². The highest BCUT2D eigenvalue weighted by Gasteiger charge is 2.27. The van der Waals surface area contributed by atoms with Crippen LogP contribution in [0.15, 0.2) is 83.8 Å². The molecule has 14 heteroatoms. The summed E-state index contributed by atoms with van der Waals surface area (Å²) >= 11 is 0. The van der Waals surface area contributed by atoms with Crippen LogP contribution >= 0.6 is 0 Å². The Morgan fingerprint density at radius 2 is 1.45 bits per heavy atom. The Balaban J connectivity index is 1.45. The van der Waals surface area contributed by atoms with Crippen molar-refractivity contribution in [1.29, 1.82) is 0 Å². The van der Waals surface area contributed by atoms with Crippen molar-refractivity contribution in [3.05, 3.63) is 107 Å². The molecule has 11 nitrogen and oxygen atoms in total. The Kier molecular flexibility index (Phi) is 8.89. The molecular formula is C28H29FN6O5S2. The van der Waals surface area contributed by atoms with Crippen molar-refractivity contribution in [2.24, 2.45) is 0 Å². The average Bonchev–Trinajstić information content (AvgIpc) is 2.92. The fraction of sp³-hybridized carbons (Fsp3) is 0.179. The van der Waals surface area contributed by atoms with Gasteiger partial charge >= 0.3 is 10.2 Å². The van der Waals surface area contributed by atoms with E-state index in [0.717, 1.165) is 8.61 Å². The van der Waals surface area contributed by atoms with Crippen molar-refractivity contribution in [2.75, 3.05) is 28.4 Å². The number of nitrogens with zero attached hydrogens (tertiary/aromatic N) is 4. The van der Waals surface area contributed by atoms with Gasteiger partial charge < -0.3 is 5.32 Å². The molecular weight excluding hydrogens is 583 g/mol. The number of hydrogen-bond acceptors (Lipinski definition) is 7. The minimum absolute atomic E-state index is 0.0373. The van der Waals surface area contributed by atoms with Crippen LogP contribution in [0.1, 0.15) is 27.3 Å². The summed E-state index contributed by atoms with van der Waals surface area (Å²) in [5, 5.41) is 2.69. The molecule has 1 aromatic heterocycles. The summed E-state index contributed by atoms with van der Waals surface area (Å²) in [7, 11) is -5.27. The molecule has 4 rings (SSSR count). The minimum atomic E-state index is -4.02. The third-order valence-corrected chi connectivity index (χ3v) is 9.18. The Morgan fingerprint density at radius 3 is 2.02 bits per heavy atom. The second-order valence-corrected chi connectivity index (χ2v) is 13.3. The molecule has 0 spiro atoms. The lowest BCUT2D eigenvalue weighted by atomic mass is 10.1. The molecule has 0 aliphatic carbocycles. The van der Waals surface area contributed by atoms with Crippen LogP contribution in [0, 0.1) is 19.7 Å². The fourth-order valence-corrected chi connectivity index (χ4v) is 5.99. The van der Waals surface area contributed by atoms with Crippen molar-refractivity contribution in [2.45, 2.75) is 25.3 Å². The number of nitrogens with one attached hydrogen (secondary N) is 2. The molecule has 3 aromatic carbocycles. The highest BCUT2D eigenvalue weighted by atomic mass is 32.2. The average molecular weight is 613 g/mol. The largest absolute Gasteiger partial charge is 0.322 e. The lowest BCUT2D eigenvalue weighted by Crippen LogP contribution is -2.40. The topological polar surface area (TPSA) is 142 Å². The van der Waals surface area contributed by atoms with Crippen LogP contribution in [0.25, 0.3) is 0 Å². The summed E-state index contributed by atoms with van der Waals surface area (Å²) in [6, 6.07) is 19.0. The van der Waals surface area contributed by atoms with E-state index in [1.165, 1.54) is 68.7 Å². The monoisotopic (exact) mass is 612 g/mol. The van der Waals surface area contributed by atoms with Gasteiger partial charge in [0, 0.05) is 36.7 Å². The Bertz CT molecular complexity index is 1790. The zero-order valence-electron chi connectivity index (χ0n) is 23.2. The molecule has 0 bridgehead atoms. The first kappa shape index (κ1) is 30.6. The summed E-state index contributed by atoms with van der Waals surface area (Å²) in [5.74, 6) is -1.19. The first-order chi connectivity index (χ1) is 19.8. The molecule has 0 saturated heterocycles. The van der Waals surface area contributed by atoms with Gasteiger partial charge in [0.25, 0.3) is 15.9 Å². The quantitative estimate of drug-likeness (QED) is 0.275. The smallest absolute Gasteiger partial charge is 0.303 e. The highest BCUT2D eigenvalue weighted by Crippen LogP contribution is 2.26. The van der Waals surface area contributed by atoms with E-state index in [1.807, 2.05) is 0 Å². The van der Waals surface area contributed by atoms with Crippen LogP contribution in [0.3, 0.4) is 0 Å². The van der Waals surface area contributed by atoms with Gasteiger partial charge in [-0.2, -0.15) is 12.7 Å². The van der Waals surface area contributed by atoms with E-state index in [0.29, 0.717) is 22.6 Å². The SMILES string of the molecule is Cc1cc(C)nc(NS(=O)(=O)c2ccc(NC(=O)c3ccc(CN(c4ccccc4F)S(=O)(=O)N(C)C)cc3)cc2)n1. The normalized spacial score (nSPS) is 11.8. The minimum Gasteiger partial charge on any atom is -0.322 e. The third-order valence-electron chi connectivity index (χ3n) is 6.03. The van der Waals surface area contributed by atoms with Gasteiger partial charge in [-0.3, -0.25) is 9.10 Å². The summed E-state index contributed by atoms with van der Waals surface area (Å²) in [6.07, 6.45) is 0. The number of carbonyl (C=O) groups is 1. The van der Waals surface area contributed by atoms with E-state index in [4.69, 9.17) is 0 Å². The van der Waals surface area contributed by atoms with Crippen molar-refractivity contribution in [3.63, 3.8) is 0 Å². The van der Waals surface area contributed by atoms with Gasteiger partial charge in [0.2, 0.25) is 5.95 Å². The van der Waals surface area contributed by atoms with Crippen molar-refractivity contribution >= 4 is 43.5 Å². The van der Waals surface area contributed by atoms with E-state index < -0.39 is 32.0 Å². The van der Waals surface area contributed by atoms with Crippen LogP contribution in [0.4, 0.5) is 21.7 Å². The number of aryl methyl sites for hydroxylation is 2. The lowest BCUT2D eigenvalue weighted by molar-refractivity contribution is 0.102. The van der Waals surface area contributed by atoms with Gasteiger partial charge in [0.15, 0.2) is 0 Å². The van der Waals surface area contributed by atoms with Gasteiger partial charge in [-0.15, -0.1) is 0 Å². The van der Waals surface area contributed by atoms with E-state index in [-0.39, 0.29) is 28.6 Å². The van der Waals surface area contributed by atoms with E-state index in [1.54, 1.807) is 38.1 Å². The molecule has 0 saturated carbocycles. The van der Waals surface area contributed by atoms with Crippen LogP contribution in [0.2, 0.25) is 0 Å². The Hall–Kier alpha value is -4.40. The summed E-state index contributed by atoms with van der Waals surface area (Å²) in [5.41, 5.74) is 2.29. The molecule has 4 aromatic rings. The first-order valence-electron chi connectivity index (χ1n) is 12.6. The number of benzene rings is 3. The zero-order chi connectivity index (χ0) is 30.7. The number of hydrogen-bond donors (Lipinski definition) is 2. The van der Waals surface area contributed by atoms with Crippen molar-refractivity contribution < 1.29 is 26.0 Å². The first-order valence-corrected chi connectivity index (χ1v) is 15.4. The van der Waals surface area contributed by atoms with Crippen molar-refractivity contribution in [1.82, 2.24) is 14.3 Å². The highest BCUT2D eigenvalue weighted by molar-refractivity contribution is 7.92.